The van der Waals surface area contributed by atoms with Crippen molar-refractivity contribution in [3.63, 3.8) is 0 Å². The Hall–Kier alpha value is 1.03. The van der Waals surface area contributed by atoms with Gasteiger partial charge in [0, 0.05) is 0 Å². The largest absolute Gasteiger partial charge is 1.00 e. The van der Waals surface area contributed by atoms with Gasteiger partial charge < -0.3 is 25.8 Å². The summed E-state index contributed by atoms with van der Waals surface area (Å²) in [5, 5.41) is 0. The van der Waals surface area contributed by atoms with E-state index in [1.165, 1.54) is 12.8 Å². The second kappa shape index (κ2) is 82.8. The first-order valence-corrected chi connectivity index (χ1v) is 9.10. The monoisotopic (exact) mass is 410 g/mol. The van der Waals surface area contributed by atoms with Gasteiger partial charge in [-0.2, -0.15) is 0 Å². The molecule has 0 fully saturated rings. The number of nitrogens with two attached hydrogens (primary N) is 2. The summed E-state index contributed by atoms with van der Waals surface area (Å²) in [5.74, 6) is 0. The third-order valence-corrected chi connectivity index (χ3v) is 1.16. The topological polar surface area (TPSA) is 115 Å². The van der Waals surface area contributed by atoms with Gasteiger partial charge in [0.05, 0.1) is 0 Å². The number of rotatable bonds is 5. The van der Waals surface area contributed by atoms with Crippen LogP contribution in [-0.4, -0.2) is 13.1 Å². The molecule has 26 heavy (non-hydrogen) atoms. The molecule has 0 bridgehead atoms. The minimum atomic E-state index is -3.63. The Morgan fingerprint density at radius 1 is 0.692 bits per heavy atom. The number of allylic oxidation sites excluding steroid dienone is 4. The minimum absolute atomic E-state index is 0. The van der Waals surface area contributed by atoms with E-state index in [0.29, 0.717) is 0 Å². The first-order valence-electron chi connectivity index (χ1n) is 7.87. The fourth-order valence-corrected chi connectivity index (χ4v) is 0.642. The van der Waals surface area contributed by atoms with E-state index in [9.17, 15) is 0 Å². The third kappa shape index (κ3) is 397. The average molecular weight is 410 g/mol. The molecule has 0 radical (unpaired) electrons. The molecule has 0 spiro atoms. The van der Waals surface area contributed by atoms with Gasteiger partial charge in [0.1, 0.15) is 0 Å². The summed E-state index contributed by atoms with van der Waals surface area (Å²) in [6.45, 7) is 22.6. The molecular formula is C18H41N2Na2O3P. The normalized spacial score (nSPS) is 6.35. The smallest absolute Gasteiger partial charge is 0.813 e. The van der Waals surface area contributed by atoms with E-state index in [1.54, 1.807) is 24.3 Å². The predicted molar refractivity (Wildman–Crippen MR) is 109 cm³/mol. The molecule has 0 aliphatic carbocycles. The van der Waals surface area contributed by atoms with Crippen molar-refractivity contribution in [1.29, 1.82) is 0 Å². The molecule has 0 saturated heterocycles. The van der Waals surface area contributed by atoms with Crippen molar-refractivity contribution in [2.75, 3.05) is 13.1 Å². The van der Waals surface area contributed by atoms with E-state index < -0.39 is 8.25 Å². The molecule has 0 saturated carbocycles. The van der Waals surface area contributed by atoms with Crippen LogP contribution in [0.25, 0.3) is 0 Å². The Morgan fingerprint density at radius 2 is 0.808 bits per heavy atom. The summed E-state index contributed by atoms with van der Waals surface area (Å²) in [6, 6.07) is 0. The van der Waals surface area contributed by atoms with E-state index in [2.05, 4.69) is 26.3 Å². The standard InChI is InChI=1S/C6H16N2.4C3H6.2Na.H3O3P/c7-5-3-1-2-4-6-8;4*1-3-2;;;1-4(2)3/h1-8H2;4*3H,1H2,2H3;;;4H,(H2,1,2,3)/q;;;;;2*+1;/p-2. The molecule has 148 valence electrons. The molecule has 8 heteroatoms. The van der Waals surface area contributed by atoms with Gasteiger partial charge in [-0.1, -0.05) is 45.4 Å². The van der Waals surface area contributed by atoms with Gasteiger partial charge in [-0.15, -0.1) is 26.3 Å². The Balaban J connectivity index is -0.0000000262. The molecule has 0 aliphatic heterocycles. The second-order valence-electron chi connectivity index (χ2n) is 3.87. The number of unbranched alkanes of at least 4 members (excludes halogenated alkanes) is 3. The molecule has 0 aliphatic rings. The van der Waals surface area contributed by atoms with Crippen LogP contribution in [0, 0.1) is 0 Å². The van der Waals surface area contributed by atoms with Crippen molar-refractivity contribution >= 4 is 8.25 Å². The summed E-state index contributed by atoms with van der Waals surface area (Å²) >= 11 is 0. The summed E-state index contributed by atoms with van der Waals surface area (Å²) in [4.78, 5) is 17.0. The van der Waals surface area contributed by atoms with E-state index in [0.717, 1.165) is 25.9 Å². The fourth-order valence-electron chi connectivity index (χ4n) is 0.642. The van der Waals surface area contributed by atoms with Crippen LogP contribution in [0.3, 0.4) is 0 Å². The molecule has 4 N–H and O–H groups in total. The van der Waals surface area contributed by atoms with Crippen molar-refractivity contribution < 1.29 is 73.5 Å². The zero-order valence-corrected chi connectivity index (χ0v) is 23.3. The van der Waals surface area contributed by atoms with Crippen LogP contribution in [-0.2, 0) is 4.57 Å². The van der Waals surface area contributed by atoms with Gasteiger partial charge in [0.2, 0.25) is 0 Å². The van der Waals surface area contributed by atoms with Crippen molar-refractivity contribution in [2.24, 2.45) is 11.5 Å². The average Bonchev–Trinajstić information content (AvgIpc) is 2.47. The van der Waals surface area contributed by atoms with E-state index in [1.807, 2.05) is 27.7 Å². The molecule has 0 rings (SSSR count). The number of hydrogen-bond donors (Lipinski definition) is 2. The molecule has 0 aromatic heterocycles. The maximum Gasteiger partial charge on any atom is 1.00 e. The minimum Gasteiger partial charge on any atom is -0.813 e. The van der Waals surface area contributed by atoms with Crippen LogP contribution in [0.4, 0.5) is 0 Å². The van der Waals surface area contributed by atoms with Gasteiger partial charge in [-0.05, 0) is 53.6 Å². The first kappa shape index (κ1) is 50.6. The molecule has 0 aromatic rings. The maximum absolute atomic E-state index is 8.52. The van der Waals surface area contributed by atoms with Crippen molar-refractivity contribution in [3.8, 4) is 0 Å². The Kier molecular flexibility index (Phi) is 161. The van der Waals surface area contributed by atoms with E-state index in [-0.39, 0.29) is 59.1 Å². The van der Waals surface area contributed by atoms with Gasteiger partial charge in [-0.25, -0.2) is 0 Å². The van der Waals surface area contributed by atoms with Crippen molar-refractivity contribution in [2.45, 2.75) is 53.4 Å². The van der Waals surface area contributed by atoms with Gasteiger partial charge in [0.25, 0.3) is 0 Å². The summed E-state index contributed by atoms with van der Waals surface area (Å²) in [5.41, 5.74) is 10.6. The Morgan fingerprint density at radius 3 is 0.885 bits per heavy atom. The molecule has 0 unspecified atom stereocenters. The van der Waals surface area contributed by atoms with Crippen LogP contribution in [0.2, 0.25) is 0 Å². The molecule has 0 atom stereocenters. The van der Waals surface area contributed by atoms with Crippen LogP contribution in [0.5, 0.6) is 0 Å². The van der Waals surface area contributed by atoms with Crippen LogP contribution >= 0.6 is 8.25 Å². The van der Waals surface area contributed by atoms with Gasteiger partial charge in [0.15, 0.2) is 0 Å². The summed E-state index contributed by atoms with van der Waals surface area (Å²) in [7, 11) is -3.63. The van der Waals surface area contributed by atoms with E-state index >= 15 is 0 Å². The summed E-state index contributed by atoms with van der Waals surface area (Å²) in [6.07, 6.45) is 11.8. The van der Waals surface area contributed by atoms with Gasteiger partial charge >= 0.3 is 59.1 Å². The molecule has 5 nitrogen and oxygen atoms in total. The molecule has 0 aromatic carbocycles. The fraction of sp³-hybridized carbons (Fsp3) is 0.556. The predicted octanol–water partition coefficient (Wildman–Crippen LogP) is -2.66. The van der Waals surface area contributed by atoms with Gasteiger partial charge in [-0.3, -0.25) is 0 Å². The zero-order valence-electron chi connectivity index (χ0n) is 18.3. The van der Waals surface area contributed by atoms with Crippen LogP contribution < -0.4 is 80.4 Å². The van der Waals surface area contributed by atoms with Crippen molar-refractivity contribution in [1.82, 2.24) is 0 Å². The SMILES string of the molecule is C=CC.C=CC.C=CC.C=CC.NCCCCCCN.O=[PH]([O-])[O-].[Na+].[Na+]. The van der Waals surface area contributed by atoms with Crippen LogP contribution in [0.15, 0.2) is 50.6 Å². The van der Waals surface area contributed by atoms with Crippen LogP contribution in [0.1, 0.15) is 53.4 Å². The maximum atomic E-state index is 8.52. The quantitative estimate of drug-likeness (QED) is 0.222. The molecular weight excluding hydrogens is 369 g/mol. The summed E-state index contributed by atoms with van der Waals surface area (Å²) < 4.78 is 8.52. The second-order valence-corrected chi connectivity index (χ2v) is 4.37. The molecule has 0 heterocycles. The zero-order chi connectivity index (χ0) is 20.6. The Labute approximate surface area is 208 Å². The first-order chi connectivity index (χ1) is 11.3. The third-order valence-electron chi connectivity index (χ3n) is 1.16. The van der Waals surface area contributed by atoms with Crippen molar-refractivity contribution in [3.05, 3.63) is 50.6 Å². The van der Waals surface area contributed by atoms with E-state index in [4.69, 9.17) is 25.8 Å². The number of hydrogen-bond acceptors (Lipinski definition) is 5. The molecule has 0 amide bonds. The Bertz CT molecular complexity index is 212.